The van der Waals surface area contributed by atoms with Gasteiger partial charge in [0.15, 0.2) is 0 Å². The Bertz CT molecular complexity index is 480. The molecule has 0 unspecified atom stereocenters. The summed E-state index contributed by atoms with van der Waals surface area (Å²) < 4.78 is 1.87. The second-order valence-electron chi connectivity index (χ2n) is 6.37. The Kier molecular flexibility index (Phi) is 4.48. The number of hydrogen-bond donors (Lipinski definition) is 1. The van der Waals surface area contributed by atoms with Gasteiger partial charge >= 0.3 is 0 Å². The first-order valence-electron chi connectivity index (χ1n) is 7.40. The highest BCUT2D eigenvalue weighted by Crippen LogP contribution is 2.34. The number of aryl methyl sites for hydroxylation is 1. The topological polar surface area (TPSA) is 64.2 Å². The molecule has 0 bridgehead atoms. The molecular weight excluding hydrogens is 252 g/mol. The fraction of sp³-hybridized carbons (Fsp3) is 0.733. The molecule has 5 nitrogen and oxygen atoms in total. The van der Waals surface area contributed by atoms with Crippen molar-refractivity contribution in [3.8, 4) is 0 Å². The summed E-state index contributed by atoms with van der Waals surface area (Å²) in [6.07, 6.45) is 3.05. The number of carbonyl (C=O) groups excluding carboxylic acids is 1. The van der Waals surface area contributed by atoms with Gasteiger partial charge < -0.3 is 10.6 Å². The summed E-state index contributed by atoms with van der Waals surface area (Å²) in [7, 11) is 1.93. The minimum absolute atomic E-state index is 0.0925. The lowest BCUT2D eigenvalue weighted by molar-refractivity contribution is -0.121. The maximum atomic E-state index is 11.8. The molecule has 2 heterocycles. The number of amides is 1. The molecule has 1 fully saturated rings. The zero-order valence-electron chi connectivity index (χ0n) is 13.0. The average Bonchev–Trinajstić information content (AvgIpc) is 2.92. The predicted octanol–water partition coefficient (Wildman–Crippen LogP) is 1.28. The molecule has 0 saturated carbocycles. The molecule has 1 aliphatic heterocycles. The van der Waals surface area contributed by atoms with Crippen molar-refractivity contribution in [1.29, 1.82) is 0 Å². The molecule has 0 aliphatic carbocycles. The highest BCUT2D eigenvalue weighted by atomic mass is 16.1. The van der Waals surface area contributed by atoms with E-state index in [0.29, 0.717) is 5.92 Å². The lowest BCUT2D eigenvalue weighted by Gasteiger charge is -2.17. The van der Waals surface area contributed by atoms with Crippen molar-refractivity contribution in [2.24, 2.45) is 24.6 Å². The van der Waals surface area contributed by atoms with Crippen molar-refractivity contribution in [2.45, 2.75) is 33.1 Å². The Morgan fingerprint density at radius 1 is 1.50 bits per heavy atom. The third-order valence-electron chi connectivity index (χ3n) is 4.46. The molecule has 2 rings (SSSR count). The molecule has 1 saturated heterocycles. The Morgan fingerprint density at radius 2 is 2.20 bits per heavy atom. The first-order chi connectivity index (χ1) is 9.40. The highest BCUT2D eigenvalue weighted by molar-refractivity contribution is 5.78. The van der Waals surface area contributed by atoms with E-state index < -0.39 is 0 Å². The second-order valence-corrected chi connectivity index (χ2v) is 6.37. The summed E-state index contributed by atoms with van der Waals surface area (Å²) >= 11 is 0. The molecule has 0 aromatic carbocycles. The summed E-state index contributed by atoms with van der Waals surface area (Å²) in [6.45, 7) is 9.23. The van der Waals surface area contributed by atoms with E-state index in [2.05, 4.69) is 30.8 Å². The zero-order chi connectivity index (χ0) is 14.9. The number of nitrogens with two attached hydrogens (primary N) is 1. The minimum Gasteiger partial charge on any atom is -0.369 e. The quantitative estimate of drug-likeness (QED) is 0.882. The number of rotatable bonds is 5. The van der Waals surface area contributed by atoms with Crippen molar-refractivity contribution in [3.05, 3.63) is 17.5 Å². The van der Waals surface area contributed by atoms with Crippen LogP contribution < -0.4 is 5.73 Å². The number of nitrogens with zero attached hydrogens (tertiary/aromatic N) is 3. The Morgan fingerprint density at radius 3 is 2.70 bits per heavy atom. The van der Waals surface area contributed by atoms with Gasteiger partial charge in [-0.15, -0.1) is 0 Å². The second kappa shape index (κ2) is 5.95. The monoisotopic (exact) mass is 278 g/mol. The molecule has 20 heavy (non-hydrogen) atoms. The molecule has 5 heteroatoms. The molecule has 1 aliphatic rings. The van der Waals surface area contributed by atoms with E-state index in [1.165, 1.54) is 5.56 Å². The van der Waals surface area contributed by atoms with E-state index in [0.717, 1.165) is 31.7 Å². The third-order valence-corrected chi connectivity index (χ3v) is 4.46. The van der Waals surface area contributed by atoms with Crippen LogP contribution in [0.15, 0.2) is 6.20 Å². The van der Waals surface area contributed by atoms with Crippen molar-refractivity contribution in [1.82, 2.24) is 14.7 Å². The van der Waals surface area contributed by atoms with Gasteiger partial charge in [-0.25, -0.2) is 0 Å². The van der Waals surface area contributed by atoms with Crippen LogP contribution >= 0.6 is 0 Å². The summed E-state index contributed by atoms with van der Waals surface area (Å²) in [5.74, 6) is 0.588. The van der Waals surface area contributed by atoms with Gasteiger partial charge in [-0.3, -0.25) is 9.48 Å². The van der Waals surface area contributed by atoms with Crippen LogP contribution in [0.4, 0.5) is 0 Å². The lowest BCUT2D eigenvalue weighted by atomic mass is 9.89. The number of aromatic nitrogens is 2. The van der Waals surface area contributed by atoms with Crippen LogP contribution in [-0.4, -0.2) is 40.2 Å². The van der Waals surface area contributed by atoms with Gasteiger partial charge in [0.1, 0.15) is 0 Å². The molecular formula is C15H26N4O. The number of carbonyl (C=O) groups is 1. The standard InChI is InChI=1S/C15H26N4O/c1-10(2)5-6-19-8-13(14(9-19)15(16)20)12-7-17-18(4)11(12)3/h7,10,13-14H,5-6,8-9H2,1-4H3,(H2,16,20)/t13-,14+/m1/s1. The van der Waals surface area contributed by atoms with Gasteiger partial charge in [-0.2, -0.15) is 5.10 Å². The average molecular weight is 278 g/mol. The largest absolute Gasteiger partial charge is 0.369 e. The van der Waals surface area contributed by atoms with Crippen LogP contribution in [0.5, 0.6) is 0 Å². The van der Waals surface area contributed by atoms with E-state index in [-0.39, 0.29) is 17.7 Å². The fourth-order valence-corrected chi connectivity index (χ4v) is 2.99. The predicted molar refractivity (Wildman–Crippen MR) is 79.3 cm³/mol. The summed E-state index contributed by atoms with van der Waals surface area (Å²) in [5.41, 5.74) is 7.91. The van der Waals surface area contributed by atoms with Crippen molar-refractivity contribution < 1.29 is 4.79 Å². The molecule has 0 spiro atoms. The smallest absolute Gasteiger partial charge is 0.222 e. The Labute approximate surface area is 121 Å². The summed E-state index contributed by atoms with van der Waals surface area (Å²) in [4.78, 5) is 14.1. The summed E-state index contributed by atoms with van der Waals surface area (Å²) in [6, 6.07) is 0. The summed E-state index contributed by atoms with van der Waals surface area (Å²) in [5, 5.41) is 4.30. The van der Waals surface area contributed by atoms with Crippen molar-refractivity contribution >= 4 is 5.91 Å². The first-order valence-corrected chi connectivity index (χ1v) is 7.40. The van der Waals surface area contributed by atoms with E-state index in [1.807, 2.05) is 17.9 Å². The van der Waals surface area contributed by atoms with Gasteiger partial charge in [-0.1, -0.05) is 13.8 Å². The van der Waals surface area contributed by atoms with E-state index in [1.54, 1.807) is 0 Å². The fourth-order valence-electron chi connectivity index (χ4n) is 2.99. The molecule has 1 amide bonds. The maximum absolute atomic E-state index is 11.8. The van der Waals surface area contributed by atoms with Crippen LogP contribution in [0.1, 0.15) is 37.4 Å². The van der Waals surface area contributed by atoms with Crippen molar-refractivity contribution in [3.63, 3.8) is 0 Å². The molecule has 1 aromatic rings. The molecule has 2 atom stereocenters. The van der Waals surface area contributed by atoms with Crippen LogP contribution in [0.2, 0.25) is 0 Å². The highest BCUT2D eigenvalue weighted by Gasteiger charge is 2.38. The van der Waals surface area contributed by atoms with Gasteiger partial charge in [0, 0.05) is 31.7 Å². The van der Waals surface area contributed by atoms with E-state index in [9.17, 15) is 4.79 Å². The molecule has 0 radical (unpaired) electrons. The molecule has 2 N–H and O–H groups in total. The van der Waals surface area contributed by atoms with Crippen LogP contribution in [-0.2, 0) is 11.8 Å². The zero-order valence-corrected chi connectivity index (χ0v) is 13.0. The number of hydrogen-bond acceptors (Lipinski definition) is 3. The van der Waals surface area contributed by atoms with Gasteiger partial charge in [0.05, 0.1) is 12.1 Å². The van der Waals surface area contributed by atoms with E-state index >= 15 is 0 Å². The Hall–Kier alpha value is -1.36. The molecule has 112 valence electrons. The minimum atomic E-state index is -0.190. The normalized spacial score (nSPS) is 23.6. The van der Waals surface area contributed by atoms with Crippen LogP contribution in [0.25, 0.3) is 0 Å². The van der Waals surface area contributed by atoms with Crippen molar-refractivity contribution in [2.75, 3.05) is 19.6 Å². The molecule has 1 aromatic heterocycles. The lowest BCUT2D eigenvalue weighted by Crippen LogP contribution is -2.29. The maximum Gasteiger partial charge on any atom is 0.222 e. The Balaban J connectivity index is 2.14. The first kappa shape index (κ1) is 15.0. The van der Waals surface area contributed by atoms with E-state index in [4.69, 9.17) is 5.73 Å². The van der Waals surface area contributed by atoms with Crippen LogP contribution in [0, 0.1) is 18.8 Å². The van der Waals surface area contributed by atoms with Gasteiger partial charge in [0.2, 0.25) is 5.91 Å². The number of likely N-dealkylation sites (tertiary alicyclic amines) is 1. The number of primary amides is 1. The SMILES string of the molecule is Cc1c([C@H]2CN(CCC(C)C)C[C@@H]2C(N)=O)cnn1C. The third kappa shape index (κ3) is 3.03. The van der Waals surface area contributed by atoms with Gasteiger partial charge in [0.25, 0.3) is 0 Å². The van der Waals surface area contributed by atoms with Gasteiger partial charge in [-0.05, 0) is 31.4 Å². The van der Waals surface area contributed by atoms with Crippen LogP contribution in [0.3, 0.4) is 0 Å².